The molecule has 0 radical (unpaired) electrons. The number of aryl methyl sites for hydroxylation is 1. The zero-order chi connectivity index (χ0) is 29.6. The van der Waals surface area contributed by atoms with E-state index < -0.39 is 0 Å². The zero-order valence-electron chi connectivity index (χ0n) is 23.5. The van der Waals surface area contributed by atoms with Crippen LogP contribution >= 0.6 is 31.9 Å². The average Bonchev–Trinajstić information content (AvgIpc) is 3.00. The Morgan fingerprint density at radius 3 is 2.55 bits per heavy atom. The molecule has 1 amide bonds. The number of carbonyl (C=O) groups excluding carboxylic acids is 1. The number of rotatable bonds is 9. The minimum Gasteiger partial charge on any atom is -0.490 e. The van der Waals surface area contributed by atoms with Gasteiger partial charge in [0.15, 0.2) is 18.1 Å². The van der Waals surface area contributed by atoms with E-state index in [1.807, 2.05) is 56.3 Å². The van der Waals surface area contributed by atoms with Crippen molar-refractivity contribution in [1.82, 2.24) is 9.66 Å². The summed E-state index contributed by atoms with van der Waals surface area (Å²) in [4.78, 5) is 31.1. The number of fused-ring (bicyclic) bond motifs is 1. The van der Waals surface area contributed by atoms with Crippen molar-refractivity contribution in [2.75, 3.05) is 18.5 Å². The highest BCUT2D eigenvalue weighted by Gasteiger charge is 2.23. The molecule has 42 heavy (non-hydrogen) atoms. The van der Waals surface area contributed by atoms with Gasteiger partial charge >= 0.3 is 0 Å². The summed E-state index contributed by atoms with van der Waals surface area (Å²) in [5.41, 5.74) is 2.95. The number of benzene rings is 3. The van der Waals surface area contributed by atoms with Crippen LogP contribution in [0.3, 0.4) is 0 Å². The predicted molar refractivity (Wildman–Crippen MR) is 173 cm³/mol. The van der Waals surface area contributed by atoms with Crippen LogP contribution in [-0.2, 0) is 4.79 Å². The van der Waals surface area contributed by atoms with Gasteiger partial charge < -0.3 is 14.8 Å². The minimum atomic E-state index is -0.298. The number of aromatic nitrogens is 2. The molecule has 1 N–H and O–H groups in total. The molecule has 5 rings (SSSR count). The standard InChI is InChI=1S/C32H32Br2N4O4/c1-3-41-26-17-22(28(33)29(34)30(26)42-19-27(39)36-23-15-13-20(2)14-16-23)18-35-38-31(21-9-5-4-6-10-21)37-25-12-8-7-11-24(25)32(38)40/h7-8,11-18,21H,3-6,9-10,19H2,1-2H3,(H,36,39). The quantitative estimate of drug-likeness (QED) is 0.182. The minimum absolute atomic E-state index is 0.171. The van der Waals surface area contributed by atoms with Crippen molar-refractivity contribution in [3.63, 3.8) is 0 Å². The van der Waals surface area contributed by atoms with E-state index in [-0.39, 0.29) is 24.0 Å². The van der Waals surface area contributed by atoms with Crippen LogP contribution in [0.4, 0.5) is 5.69 Å². The summed E-state index contributed by atoms with van der Waals surface area (Å²) < 4.78 is 14.4. The number of amides is 1. The smallest absolute Gasteiger partial charge is 0.282 e. The normalized spacial score (nSPS) is 13.9. The highest BCUT2D eigenvalue weighted by Crippen LogP contribution is 2.42. The van der Waals surface area contributed by atoms with Gasteiger partial charge in [0, 0.05) is 21.6 Å². The van der Waals surface area contributed by atoms with Crippen LogP contribution in [0.15, 0.2) is 73.4 Å². The SMILES string of the molecule is CCOc1cc(C=Nn2c(C3CCCCC3)nc3ccccc3c2=O)c(Br)c(Br)c1OCC(=O)Nc1ccc(C)cc1. The molecule has 4 aromatic rings. The van der Waals surface area contributed by atoms with Gasteiger partial charge in [0.1, 0.15) is 5.82 Å². The molecule has 1 aliphatic rings. The average molecular weight is 696 g/mol. The van der Waals surface area contributed by atoms with E-state index in [1.54, 1.807) is 18.3 Å². The lowest BCUT2D eigenvalue weighted by Crippen LogP contribution is -2.25. The maximum Gasteiger partial charge on any atom is 0.282 e. The molecule has 1 aliphatic carbocycles. The van der Waals surface area contributed by atoms with Crippen LogP contribution in [0.25, 0.3) is 10.9 Å². The molecular formula is C32H32Br2N4O4. The summed E-state index contributed by atoms with van der Waals surface area (Å²) in [6.07, 6.45) is 6.99. The summed E-state index contributed by atoms with van der Waals surface area (Å²) in [6, 6.07) is 16.7. The lowest BCUT2D eigenvalue weighted by molar-refractivity contribution is -0.118. The Labute approximate surface area is 261 Å². The van der Waals surface area contributed by atoms with Crippen LogP contribution in [0.5, 0.6) is 11.5 Å². The lowest BCUT2D eigenvalue weighted by atomic mass is 9.88. The van der Waals surface area contributed by atoms with Gasteiger partial charge in [-0.2, -0.15) is 9.78 Å². The second kappa shape index (κ2) is 13.6. The lowest BCUT2D eigenvalue weighted by Gasteiger charge is -2.22. The molecule has 0 bridgehead atoms. The highest BCUT2D eigenvalue weighted by molar-refractivity contribution is 9.13. The van der Waals surface area contributed by atoms with Crippen molar-refractivity contribution in [2.45, 2.75) is 51.9 Å². The molecule has 0 atom stereocenters. The summed E-state index contributed by atoms with van der Waals surface area (Å²) >= 11 is 7.23. The Morgan fingerprint density at radius 1 is 1.07 bits per heavy atom. The number of nitrogens with one attached hydrogen (secondary N) is 1. The number of ether oxygens (including phenoxy) is 2. The topological polar surface area (TPSA) is 94.8 Å². The molecule has 1 fully saturated rings. The number of carbonyl (C=O) groups is 1. The Hall–Kier alpha value is -3.50. The first-order chi connectivity index (χ1) is 20.4. The van der Waals surface area contributed by atoms with E-state index >= 15 is 0 Å². The van der Waals surface area contributed by atoms with E-state index in [4.69, 9.17) is 14.5 Å². The summed E-state index contributed by atoms with van der Waals surface area (Å²) in [6.45, 7) is 4.03. The largest absolute Gasteiger partial charge is 0.490 e. The van der Waals surface area contributed by atoms with Gasteiger partial charge in [-0.3, -0.25) is 9.59 Å². The molecule has 218 valence electrons. The first-order valence-corrected chi connectivity index (χ1v) is 15.6. The molecule has 1 heterocycles. The fourth-order valence-corrected chi connectivity index (χ4v) is 6.00. The van der Waals surface area contributed by atoms with Crippen molar-refractivity contribution in [3.05, 3.63) is 90.8 Å². The van der Waals surface area contributed by atoms with Crippen LogP contribution in [0.2, 0.25) is 0 Å². The van der Waals surface area contributed by atoms with Gasteiger partial charge in [-0.25, -0.2) is 4.98 Å². The third-order valence-corrected chi connectivity index (χ3v) is 9.34. The van der Waals surface area contributed by atoms with E-state index in [9.17, 15) is 9.59 Å². The monoisotopic (exact) mass is 694 g/mol. The molecule has 0 unspecified atom stereocenters. The van der Waals surface area contributed by atoms with Gasteiger partial charge in [0.2, 0.25) is 0 Å². The third kappa shape index (κ3) is 6.76. The van der Waals surface area contributed by atoms with E-state index in [0.29, 0.717) is 55.0 Å². The molecule has 8 nitrogen and oxygen atoms in total. The fourth-order valence-electron chi connectivity index (χ4n) is 5.06. The molecule has 0 aliphatic heterocycles. The Morgan fingerprint density at radius 2 is 1.81 bits per heavy atom. The highest BCUT2D eigenvalue weighted by atomic mass is 79.9. The number of nitrogens with zero attached hydrogens (tertiary/aromatic N) is 3. The van der Waals surface area contributed by atoms with E-state index in [1.165, 1.54) is 11.1 Å². The van der Waals surface area contributed by atoms with Crippen LogP contribution in [0, 0.1) is 6.92 Å². The Balaban J connectivity index is 1.45. The van der Waals surface area contributed by atoms with Crippen molar-refractivity contribution in [3.8, 4) is 11.5 Å². The summed E-state index contributed by atoms with van der Waals surface area (Å²) in [5.74, 6) is 1.38. The number of halogens is 2. The first-order valence-electron chi connectivity index (χ1n) is 14.1. The van der Waals surface area contributed by atoms with Gasteiger partial charge in [-0.05, 0) is 88.9 Å². The van der Waals surface area contributed by atoms with Gasteiger partial charge in [0.25, 0.3) is 11.5 Å². The Kier molecular flexibility index (Phi) is 9.74. The molecule has 0 saturated heterocycles. The first kappa shape index (κ1) is 30.0. The molecule has 1 saturated carbocycles. The van der Waals surface area contributed by atoms with Crippen LogP contribution in [0.1, 0.15) is 61.9 Å². The fraction of sp³-hybridized carbons (Fsp3) is 0.312. The van der Waals surface area contributed by atoms with E-state index in [0.717, 1.165) is 31.2 Å². The second-order valence-electron chi connectivity index (χ2n) is 10.2. The molecule has 10 heteroatoms. The van der Waals surface area contributed by atoms with Gasteiger partial charge in [-0.15, -0.1) is 0 Å². The van der Waals surface area contributed by atoms with Crippen LogP contribution < -0.4 is 20.3 Å². The number of anilines is 1. The van der Waals surface area contributed by atoms with Gasteiger partial charge in [0.05, 0.1) is 28.2 Å². The maximum absolute atomic E-state index is 13.6. The third-order valence-electron chi connectivity index (χ3n) is 7.20. The molecular weight excluding hydrogens is 664 g/mol. The predicted octanol–water partition coefficient (Wildman–Crippen LogP) is 7.58. The van der Waals surface area contributed by atoms with Crippen LogP contribution in [-0.4, -0.2) is 35.0 Å². The number of hydrogen-bond acceptors (Lipinski definition) is 6. The van der Waals surface area contributed by atoms with Gasteiger partial charge in [-0.1, -0.05) is 49.1 Å². The zero-order valence-corrected chi connectivity index (χ0v) is 26.7. The van der Waals surface area contributed by atoms with Crippen molar-refractivity contribution < 1.29 is 14.3 Å². The van der Waals surface area contributed by atoms with Crippen molar-refractivity contribution >= 4 is 60.6 Å². The summed E-state index contributed by atoms with van der Waals surface area (Å²) in [5, 5.41) is 8.03. The summed E-state index contributed by atoms with van der Waals surface area (Å²) in [7, 11) is 0. The molecule has 0 spiro atoms. The number of para-hydroxylation sites is 1. The van der Waals surface area contributed by atoms with E-state index in [2.05, 4.69) is 42.3 Å². The van der Waals surface area contributed by atoms with Crippen molar-refractivity contribution in [2.24, 2.45) is 5.10 Å². The Bertz CT molecular complexity index is 1680. The maximum atomic E-state index is 13.6. The second-order valence-corrected chi connectivity index (χ2v) is 11.8. The molecule has 3 aromatic carbocycles. The molecule has 1 aromatic heterocycles. The number of hydrogen-bond donors (Lipinski definition) is 1. The van der Waals surface area contributed by atoms with Crippen molar-refractivity contribution in [1.29, 1.82) is 0 Å².